The monoisotopic (exact) mass is 296 g/mol. The Bertz CT molecular complexity index is 543. The molecule has 1 aliphatic rings. The van der Waals surface area contributed by atoms with Gasteiger partial charge < -0.3 is 5.32 Å². The van der Waals surface area contributed by atoms with Crippen molar-refractivity contribution in [1.29, 1.82) is 0 Å². The maximum Gasteiger partial charge on any atom is 0.241 e. The minimum atomic E-state index is -3.40. The second-order valence-corrected chi connectivity index (χ2v) is 7.10. The van der Waals surface area contributed by atoms with Crippen LogP contribution in [0.3, 0.4) is 0 Å². The predicted octanol–water partition coefficient (Wildman–Crippen LogP) is 2.26. The summed E-state index contributed by atoms with van der Waals surface area (Å²) in [6, 6.07) is 7.35. The average molecular weight is 296 g/mol. The largest absolute Gasteiger partial charge is 0.313 e. The van der Waals surface area contributed by atoms with Crippen LogP contribution in [0.5, 0.6) is 0 Å². The fourth-order valence-corrected chi connectivity index (χ4v) is 3.98. The van der Waals surface area contributed by atoms with Gasteiger partial charge >= 0.3 is 0 Å². The fraction of sp³-hybridized carbons (Fsp3) is 0.600. The molecule has 20 heavy (non-hydrogen) atoms. The molecule has 0 bridgehead atoms. The number of sulfonamides is 1. The lowest BCUT2D eigenvalue weighted by atomic mass is 10.2. The zero-order valence-electron chi connectivity index (χ0n) is 12.2. The van der Waals surface area contributed by atoms with E-state index in [0.29, 0.717) is 17.4 Å². The first-order valence-corrected chi connectivity index (χ1v) is 8.87. The van der Waals surface area contributed by atoms with Gasteiger partial charge in [-0.05, 0) is 36.9 Å². The molecule has 4 nitrogen and oxygen atoms in total. The molecule has 5 heteroatoms. The van der Waals surface area contributed by atoms with Crippen LogP contribution in [0.25, 0.3) is 0 Å². The van der Waals surface area contributed by atoms with Crippen LogP contribution < -0.4 is 10.0 Å². The van der Waals surface area contributed by atoms with Gasteiger partial charge in [0, 0.05) is 12.6 Å². The van der Waals surface area contributed by atoms with E-state index in [1.807, 2.05) is 12.1 Å². The molecule has 0 radical (unpaired) electrons. The zero-order valence-corrected chi connectivity index (χ0v) is 13.0. The van der Waals surface area contributed by atoms with E-state index < -0.39 is 10.0 Å². The molecule has 1 aromatic rings. The number of nitrogens with one attached hydrogen (secondary N) is 2. The normalized spacial score (nSPS) is 21.9. The molecule has 0 saturated heterocycles. The second-order valence-electron chi connectivity index (χ2n) is 5.42. The maximum absolute atomic E-state index is 12.5. The van der Waals surface area contributed by atoms with Gasteiger partial charge in [-0.25, -0.2) is 13.1 Å². The van der Waals surface area contributed by atoms with Crippen LogP contribution >= 0.6 is 0 Å². The zero-order chi connectivity index (χ0) is 14.6. The van der Waals surface area contributed by atoms with Crippen molar-refractivity contribution < 1.29 is 8.42 Å². The third kappa shape index (κ3) is 3.81. The van der Waals surface area contributed by atoms with E-state index in [9.17, 15) is 8.42 Å². The Balaban J connectivity index is 2.10. The summed E-state index contributed by atoms with van der Waals surface area (Å²) in [5, 5.41) is 3.26. The van der Waals surface area contributed by atoms with Crippen molar-refractivity contribution in [3.05, 3.63) is 29.8 Å². The summed E-state index contributed by atoms with van der Waals surface area (Å²) in [5.41, 5.74) is 0.835. The predicted molar refractivity (Wildman–Crippen MR) is 80.9 cm³/mol. The van der Waals surface area contributed by atoms with Gasteiger partial charge in [0.2, 0.25) is 10.0 Å². The molecule has 0 heterocycles. The third-order valence-corrected chi connectivity index (χ3v) is 5.35. The smallest absolute Gasteiger partial charge is 0.241 e. The SMILES string of the molecule is CCCNCc1ccccc1S(=O)(=O)NC1CC1CC. The highest BCUT2D eigenvalue weighted by atomic mass is 32.2. The van der Waals surface area contributed by atoms with Gasteiger partial charge in [-0.3, -0.25) is 0 Å². The molecule has 112 valence electrons. The van der Waals surface area contributed by atoms with Crippen molar-refractivity contribution in [3.8, 4) is 0 Å². The van der Waals surface area contributed by atoms with Crippen LogP contribution in [0.15, 0.2) is 29.2 Å². The Morgan fingerprint density at radius 1 is 1.25 bits per heavy atom. The Morgan fingerprint density at radius 3 is 2.65 bits per heavy atom. The standard InChI is InChI=1S/C15H24N2O2S/c1-3-9-16-11-13-7-5-6-8-15(13)20(18,19)17-14-10-12(14)4-2/h5-8,12,14,16-17H,3-4,9-11H2,1-2H3. The summed E-state index contributed by atoms with van der Waals surface area (Å²) < 4.78 is 27.7. The highest BCUT2D eigenvalue weighted by Gasteiger charge is 2.38. The van der Waals surface area contributed by atoms with Crippen molar-refractivity contribution in [2.24, 2.45) is 5.92 Å². The molecule has 0 aliphatic heterocycles. The first-order chi connectivity index (χ1) is 9.58. The van der Waals surface area contributed by atoms with Gasteiger partial charge in [0.05, 0.1) is 4.90 Å². The van der Waals surface area contributed by atoms with Crippen LogP contribution in [0.4, 0.5) is 0 Å². The van der Waals surface area contributed by atoms with Crippen LogP contribution in [0.1, 0.15) is 38.7 Å². The Labute approximate surface area is 122 Å². The molecular weight excluding hydrogens is 272 g/mol. The molecular formula is C15H24N2O2S. The van der Waals surface area contributed by atoms with Crippen molar-refractivity contribution >= 4 is 10.0 Å². The molecule has 2 unspecified atom stereocenters. The Kier molecular flexibility index (Phi) is 5.18. The minimum absolute atomic E-state index is 0.127. The van der Waals surface area contributed by atoms with Crippen LogP contribution in [-0.2, 0) is 16.6 Å². The van der Waals surface area contributed by atoms with Crippen LogP contribution in [0, 0.1) is 5.92 Å². The molecule has 1 saturated carbocycles. The van der Waals surface area contributed by atoms with Crippen molar-refractivity contribution in [2.75, 3.05) is 6.54 Å². The number of hydrogen-bond donors (Lipinski definition) is 2. The van der Waals surface area contributed by atoms with Gasteiger partial charge in [-0.15, -0.1) is 0 Å². The van der Waals surface area contributed by atoms with Crippen molar-refractivity contribution in [3.63, 3.8) is 0 Å². The quantitative estimate of drug-likeness (QED) is 0.724. The maximum atomic E-state index is 12.5. The second kappa shape index (κ2) is 6.70. The average Bonchev–Trinajstić information content (AvgIpc) is 3.17. The topological polar surface area (TPSA) is 58.2 Å². The number of benzene rings is 1. The van der Waals surface area contributed by atoms with Gasteiger partial charge in [-0.1, -0.05) is 38.5 Å². The van der Waals surface area contributed by atoms with E-state index in [2.05, 4.69) is 23.9 Å². The van der Waals surface area contributed by atoms with E-state index in [0.717, 1.165) is 31.4 Å². The lowest BCUT2D eigenvalue weighted by molar-refractivity contribution is 0.573. The van der Waals surface area contributed by atoms with Crippen LogP contribution in [0.2, 0.25) is 0 Å². The molecule has 2 atom stereocenters. The van der Waals surface area contributed by atoms with Gasteiger partial charge in [-0.2, -0.15) is 0 Å². The van der Waals surface area contributed by atoms with Crippen molar-refractivity contribution in [1.82, 2.24) is 10.0 Å². The molecule has 1 aliphatic carbocycles. The van der Waals surface area contributed by atoms with E-state index in [-0.39, 0.29) is 6.04 Å². The summed E-state index contributed by atoms with van der Waals surface area (Å²) in [5.74, 6) is 0.509. The van der Waals surface area contributed by atoms with E-state index in [1.165, 1.54) is 0 Å². The summed E-state index contributed by atoms with van der Waals surface area (Å²) in [7, 11) is -3.40. The van der Waals surface area contributed by atoms with E-state index in [4.69, 9.17) is 0 Å². The van der Waals surface area contributed by atoms with E-state index >= 15 is 0 Å². The molecule has 1 aromatic carbocycles. The summed E-state index contributed by atoms with van der Waals surface area (Å²) in [4.78, 5) is 0.408. The third-order valence-electron chi connectivity index (χ3n) is 3.76. The first kappa shape index (κ1) is 15.5. The molecule has 2 N–H and O–H groups in total. The Hall–Kier alpha value is -0.910. The van der Waals surface area contributed by atoms with Crippen molar-refractivity contribution in [2.45, 2.75) is 50.6 Å². The summed E-state index contributed by atoms with van der Waals surface area (Å²) in [6.45, 7) is 5.67. The summed E-state index contributed by atoms with van der Waals surface area (Å²) >= 11 is 0. The highest BCUT2D eigenvalue weighted by molar-refractivity contribution is 7.89. The van der Waals surface area contributed by atoms with E-state index in [1.54, 1.807) is 12.1 Å². The molecule has 0 amide bonds. The molecule has 1 fully saturated rings. The Morgan fingerprint density at radius 2 is 2.00 bits per heavy atom. The number of hydrogen-bond acceptors (Lipinski definition) is 3. The van der Waals surface area contributed by atoms with Gasteiger partial charge in [0.25, 0.3) is 0 Å². The summed E-state index contributed by atoms with van der Waals surface area (Å²) in [6.07, 6.45) is 3.03. The van der Waals surface area contributed by atoms with Crippen LogP contribution in [-0.4, -0.2) is 21.0 Å². The fourth-order valence-electron chi connectivity index (χ4n) is 2.42. The lowest BCUT2D eigenvalue weighted by Crippen LogP contribution is -2.28. The lowest BCUT2D eigenvalue weighted by Gasteiger charge is -2.12. The van der Waals surface area contributed by atoms with Gasteiger partial charge in [0.15, 0.2) is 0 Å². The minimum Gasteiger partial charge on any atom is -0.313 e. The number of rotatable bonds is 8. The molecule has 2 rings (SSSR count). The molecule has 0 aromatic heterocycles. The molecule has 0 spiro atoms. The van der Waals surface area contributed by atoms with Gasteiger partial charge in [0.1, 0.15) is 0 Å². The first-order valence-electron chi connectivity index (χ1n) is 7.39. The highest BCUT2D eigenvalue weighted by Crippen LogP contribution is 2.34.